The summed E-state index contributed by atoms with van der Waals surface area (Å²) in [6.07, 6.45) is 0.165. The van der Waals surface area contributed by atoms with Crippen LogP contribution in [-0.4, -0.2) is 36.3 Å². The van der Waals surface area contributed by atoms with Crippen LogP contribution in [-0.2, 0) is 20.9 Å². The van der Waals surface area contributed by atoms with Crippen LogP contribution in [0.15, 0.2) is 48.5 Å². The number of esters is 1. The van der Waals surface area contributed by atoms with Crippen molar-refractivity contribution < 1.29 is 19.1 Å². The minimum atomic E-state index is -0.519. The Kier molecular flexibility index (Phi) is 5.54. The molecule has 1 heterocycles. The van der Waals surface area contributed by atoms with Gasteiger partial charge in [0.05, 0.1) is 24.3 Å². The summed E-state index contributed by atoms with van der Waals surface area (Å²) in [5.41, 5.74) is 2.86. The molecule has 1 atom stereocenters. The van der Waals surface area contributed by atoms with Gasteiger partial charge in [-0.25, -0.2) is 4.79 Å². The number of anilines is 1. The van der Waals surface area contributed by atoms with Crippen LogP contribution >= 0.6 is 0 Å². The number of aryl methyl sites for hydroxylation is 1. The van der Waals surface area contributed by atoms with Gasteiger partial charge in [-0.05, 0) is 30.2 Å². The maximum atomic E-state index is 12.6. The molecule has 2 amide bonds. The summed E-state index contributed by atoms with van der Waals surface area (Å²) in [7, 11) is 1.29. The van der Waals surface area contributed by atoms with Gasteiger partial charge in [0.25, 0.3) is 0 Å². The number of rotatable bonds is 5. The number of likely N-dealkylation sites (tertiary alicyclic amines) is 1. The summed E-state index contributed by atoms with van der Waals surface area (Å²) in [4.78, 5) is 38.5. The third-order valence-corrected chi connectivity index (χ3v) is 4.80. The molecular formula is C21H22N2O4. The van der Waals surface area contributed by atoms with E-state index in [9.17, 15) is 14.4 Å². The lowest BCUT2D eigenvalue weighted by Gasteiger charge is -2.18. The molecule has 6 nitrogen and oxygen atoms in total. The third-order valence-electron chi connectivity index (χ3n) is 4.80. The molecule has 1 aliphatic heterocycles. The smallest absolute Gasteiger partial charge is 0.339 e. The van der Waals surface area contributed by atoms with Crippen LogP contribution in [0.3, 0.4) is 0 Å². The summed E-state index contributed by atoms with van der Waals surface area (Å²) >= 11 is 0. The SMILES string of the molecule is COC(=O)c1ccccc1NC(=O)C1CC(=O)N(Cc2ccccc2C)C1. The van der Waals surface area contributed by atoms with Gasteiger partial charge in [0, 0.05) is 19.5 Å². The molecule has 140 valence electrons. The zero-order valence-electron chi connectivity index (χ0n) is 15.4. The van der Waals surface area contributed by atoms with E-state index in [1.54, 1.807) is 29.2 Å². The molecule has 0 radical (unpaired) electrons. The molecule has 27 heavy (non-hydrogen) atoms. The summed E-state index contributed by atoms with van der Waals surface area (Å²) < 4.78 is 4.74. The fraction of sp³-hybridized carbons (Fsp3) is 0.286. The Morgan fingerprint density at radius 1 is 1.15 bits per heavy atom. The van der Waals surface area contributed by atoms with Crippen LogP contribution in [0.4, 0.5) is 5.69 Å². The monoisotopic (exact) mass is 366 g/mol. The summed E-state index contributed by atoms with van der Waals surface area (Å²) in [6.45, 7) is 2.86. The number of amides is 2. The van der Waals surface area contributed by atoms with E-state index in [1.807, 2.05) is 31.2 Å². The molecule has 0 aromatic heterocycles. The van der Waals surface area contributed by atoms with E-state index in [1.165, 1.54) is 7.11 Å². The van der Waals surface area contributed by atoms with Crippen molar-refractivity contribution in [3.63, 3.8) is 0 Å². The second-order valence-electron chi connectivity index (χ2n) is 6.63. The predicted molar refractivity (Wildman–Crippen MR) is 101 cm³/mol. The number of carbonyl (C=O) groups excluding carboxylic acids is 3. The number of ether oxygens (including phenoxy) is 1. The number of hydrogen-bond donors (Lipinski definition) is 1. The number of hydrogen-bond acceptors (Lipinski definition) is 4. The molecule has 0 saturated carbocycles. The number of methoxy groups -OCH3 is 1. The molecule has 1 fully saturated rings. The Morgan fingerprint density at radius 2 is 1.85 bits per heavy atom. The topological polar surface area (TPSA) is 75.7 Å². The van der Waals surface area contributed by atoms with Crippen molar-refractivity contribution in [2.24, 2.45) is 5.92 Å². The van der Waals surface area contributed by atoms with Gasteiger partial charge in [-0.3, -0.25) is 9.59 Å². The standard InChI is InChI=1S/C21H22N2O4/c1-14-7-3-4-8-15(14)12-23-13-16(11-19(23)24)20(25)22-18-10-6-5-9-17(18)21(26)27-2/h3-10,16H,11-13H2,1-2H3,(H,22,25). The summed E-state index contributed by atoms with van der Waals surface area (Å²) in [5, 5.41) is 2.77. The highest BCUT2D eigenvalue weighted by Crippen LogP contribution is 2.24. The average Bonchev–Trinajstić information content (AvgIpc) is 3.04. The summed E-state index contributed by atoms with van der Waals surface area (Å²) in [6, 6.07) is 14.6. The molecule has 0 spiro atoms. The van der Waals surface area contributed by atoms with Crippen LogP contribution in [0.2, 0.25) is 0 Å². The second-order valence-corrected chi connectivity index (χ2v) is 6.63. The van der Waals surface area contributed by atoms with Crippen LogP contribution in [0.25, 0.3) is 0 Å². The van der Waals surface area contributed by atoms with E-state index in [2.05, 4.69) is 5.32 Å². The molecule has 1 N–H and O–H groups in total. The van der Waals surface area contributed by atoms with Crippen molar-refractivity contribution in [2.75, 3.05) is 19.0 Å². The molecule has 0 bridgehead atoms. The van der Waals surface area contributed by atoms with E-state index >= 15 is 0 Å². The Labute approximate surface area is 158 Å². The van der Waals surface area contributed by atoms with Crippen molar-refractivity contribution >= 4 is 23.5 Å². The lowest BCUT2D eigenvalue weighted by molar-refractivity contribution is -0.128. The van der Waals surface area contributed by atoms with Gasteiger partial charge in [0.2, 0.25) is 11.8 Å². The molecule has 2 aromatic carbocycles. The van der Waals surface area contributed by atoms with Crippen molar-refractivity contribution in [3.8, 4) is 0 Å². The first-order valence-electron chi connectivity index (χ1n) is 8.80. The first-order valence-corrected chi connectivity index (χ1v) is 8.80. The zero-order chi connectivity index (χ0) is 19.4. The van der Waals surface area contributed by atoms with Crippen LogP contribution in [0.1, 0.15) is 27.9 Å². The van der Waals surface area contributed by atoms with Gasteiger partial charge in [-0.1, -0.05) is 36.4 Å². The molecule has 1 saturated heterocycles. The molecule has 1 unspecified atom stereocenters. The molecule has 2 aromatic rings. The van der Waals surface area contributed by atoms with Gasteiger partial charge < -0.3 is 15.0 Å². The largest absolute Gasteiger partial charge is 0.465 e. The highest BCUT2D eigenvalue weighted by molar-refractivity contribution is 6.03. The Bertz CT molecular complexity index is 878. The van der Waals surface area contributed by atoms with E-state index in [-0.39, 0.29) is 23.8 Å². The maximum absolute atomic E-state index is 12.6. The Morgan fingerprint density at radius 3 is 2.59 bits per heavy atom. The first kappa shape index (κ1) is 18.6. The minimum absolute atomic E-state index is 0.0420. The predicted octanol–water partition coefficient (Wildman–Crippen LogP) is 2.77. The van der Waals surface area contributed by atoms with Gasteiger partial charge in [0.15, 0.2) is 0 Å². The Hall–Kier alpha value is -3.15. The normalized spacial score (nSPS) is 16.3. The molecule has 0 aliphatic carbocycles. The quantitative estimate of drug-likeness (QED) is 0.826. The highest BCUT2D eigenvalue weighted by Gasteiger charge is 2.34. The lowest BCUT2D eigenvalue weighted by Crippen LogP contribution is -2.28. The van der Waals surface area contributed by atoms with Crippen molar-refractivity contribution in [1.82, 2.24) is 4.90 Å². The van der Waals surface area contributed by atoms with Gasteiger partial charge in [-0.15, -0.1) is 0 Å². The van der Waals surface area contributed by atoms with Gasteiger partial charge in [0.1, 0.15) is 0 Å². The first-order chi connectivity index (χ1) is 13.0. The molecular weight excluding hydrogens is 344 g/mol. The molecule has 1 aliphatic rings. The van der Waals surface area contributed by atoms with Crippen molar-refractivity contribution in [1.29, 1.82) is 0 Å². The lowest BCUT2D eigenvalue weighted by atomic mass is 10.1. The van der Waals surface area contributed by atoms with Crippen molar-refractivity contribution in [2.45, 2.75) is 19.9 Å². The third kappa shape index (κ3) is 4.16. The fourth-order valence-electron chi connectivity index (χ4n) is 3.21. The van der Waals surface area contributed by atoms with E-state index in [0.29, 0.717) is 18.8 Å². The molecule has 3 rings (SSSR count). The zero-order valence-corrected chi connectivity index (χ0v) is 15.4. The summed E-state index contributed by atoms with van der Waals surface area (Å²) in [5.74, 6) is -1.28. The fourth-order valence-corrected chi connectivity index (χ4v) is 3.21. The maximum Gasteiger partial charge on any atom is 0.339 e. The minimum Gasteiger partial charge on any atom is -0.465 e. The number of benzene rings is 2. The average molecular weight is 366 g/mol. The number of carbonyl (C=O) groups is 3. The number of nitrogens with zero attached hydrogens (tertiary/aromatic N) is 1. The second kappa shape index (κ2) is 8.03. The van der Waals surface area contributed by atoms with E-state index in [0.717, 1.165) is 11.1 Å². The van der Waals surface area contributed by atoms with Gasteiger partial charge in [-0.2, -0.15) is 0 Å². The Balaban J connectivity index is 1.68. The van der Waals surface area contributed by atoms with E-state index in [4.69, 9.17) is 4.74 Å². The van der Waals surface area contributed by atoms with Crippen LogP contribution in [0, 0.1) is 12.8 Å². The van der Waals surface area contributed by atoms with Crippen LogP contribution < -0.4 is 5.32 Å². The molecule has 6 heteroatoms. The highest BCUT2D eigenvalue weighted by atomic mass is 16.5. The van der Waals surface area contributed by atoms with Crippen molar-refractivity contribution in [3.05, 3.63) is 65.2 Å². The number of nitrogens with one attached hydrogen (secondary N) is 1. The number of para-hydroxylation sites is 1. The van der Waals surface area contributed by atoms with Gasteiger partial charge >= 0.3 is 5.97 Å². The van der Waals surface area contributed by atoms with Crippen LogP contribution in [0.5, 0.6) is 0 Å². The van der Waals surface area contributed by atoms with E-state index < -0.39 is 11.9 Å².